The highest BCUT2D eigenvalue weighted by Gasteiger charge is 2.22. The van der Waals surface area contributed by atoms with Crippen LogP contribution in [-0.2, 0) is 11.4 Å². The Morgan fingerprint density at radius 1 is 0.939 bits per heavy atom. The summed E-state index contributed by atoms with van der Waals surface area (Å²) in [6.07, 6.45) is 7.65. The molecule has 3 heteroatoms. The van der Waals surface area contributed by atoms with E-state index in [0.717, 1.165) is 46.4 Å². The quantitative estimate of drug-likeness (QED) is 0.379. The maximum atomic E-state index is 13.4. The first-order chi connectivity index (χ1) is 16.1. The van der Waals surface area contributed by atoms with Gasteiger partial charge in [-0.1, -0.05) is 91.6 Å². The summed E-state index contributed by atoms with van der Waals surface area (Å²) in [5, 5.41) is 0. The van der Waals surface area contributed by atoms with Crippen molar-refractivity contribution in [1.29, 1.82) is 0 Å². The van der Waals surface area contributed by atoms with E-state index in [2.05, 4.69) is 43.3 Å². The number of nitrogens with zero attached hydrogens (tertiary/aromatic N) is 1. The molecule has 0 spiro atoms. The van der Waals surface area contributed by atoms with Gasteiger partial charge in [-0.2, -0.15) is 0 Å². The third-order valence-corrected chi connectivity index (χ3v) is 6.49. The van der Waals surface area contributed by atoms with E-state index >= 15 is 0 Å². The van der Waals surface area contributed by atoms with E-state index < -0.39 is 0 Å². The molecule has 0 heterocycles. The number of amides is 1. The first-order valence-corrected chi connectivity index (χ1v) is 11.9. The lowest BCUT2D eigenvalue weighted by Crippen LogP contribution is -2.37. The van der Waals surface area contributed by atoms with Gasteiger partial charge in [0.2, 0.25) is 5.91 Å². The maximum Gasteiger partial charge on any atom is 0.247 e. The van der Waals surface area contributed by atoms with Crippen molar-refractivity contribution in [2.45, 2.75) is 51.7 Å². The summed E-state index contributed by atoms with van der Waals surface area (Å²) in [4.78, 5) is 15.3. The number of benzene rings is 3. The summed E-state index contributed by atoms with van der Waals surface area (Å²) >= 11 is 0. The molecule has 3 aromatic carbocycles. The molecule has 0 bridgehead atoms. The van der Waals surface area contributed by atoms with E-state index in [9.17, 15) is 4.79 Å². The molecule has 1 fully saturated rings. The van der Waals surface area contributed by atoms with Crippen LogP contribution in [0.4, 0.5) is 0 Å². The summed E-state index contributed by atoms with van der Waals surface area (Å²) in [6, 6.07) is 26.8. The highest BCUT2D eigenvalue weighted by molar-refractivity contribution is 6.00. The molecular weight excluding hydrogens is 406 g/mol. The van der Waals surface area contributed by atoms with Crippen LogP contribution in [-0.4, -0.2) is 23.9 Å². The van der Waals surface area contributed by atoms with Gasteiger partial charge in [0.05, 0.1) is 0 Å². The van der Waals surface area contributed by atoms with Crippen LogP contribution in [0.5, 0.6) is 5.75 Å². The summed E-state index contributed by atoms with van der Waals surface area (Å²) in [6.45, 7) is 2.55. The van der Waals surface area contributed by atoms with Gasteiger partial charge in [0.25, 0.3) is 0 Å². The number of ether oxygens (including phenoxy) is 1. The zero-order valence-electron chi connectivity index (χ0n) is 19.7. The number of aryl methyl sites for hydroxylation is 1. The third-order valence-electron chi connectivity index (χ3n) is 6.49. The first kappa shape index (κ1) is 22.8. The third kappa shape index (κ3) is 5.92. The van der Waals surface area contributed by atoms with Gasteiger partial charge in [-0.25, -0.2) is 0 Å². The van der Waals surface area contributed by atoms with E-state index in [0.29, 0.717) is 12.6 Å². The van der Waals surface area contributed by atoms with Gasteiger partial charge in [0, 0.05) is 24.7 Å². The van der Waals surface area contributed by atoms with Crippen LogP contribution in [0.25, 0.3) is 5.57 Å². The normalized spacial score (nSPS) is 14.7. The van der Waals surface area contributed by atoms with E-state index in [-0.39, 0.29) is 5.91 Å². The first-order valence-electron chi connectivity index (χ1n) is 11.9. The number of carbonyl (C=O) groups is 1. The molecule has 0 aliphatic heterocycles. The number of hydrogen-bond donors (Lipinski definition) is 0. The summed E-state index contributed by atoms with van der Waals surface area (Å²) in [7, 11) is 1.94. The zero-order chi connectivity index (χ0) is 23.0. The van der Waals surface area contributed by atoms with Gasteiger partial charge in [0.1, 0.15) is 12.4 Å². The predicted molar refractivity (Wildman–Crippen MR) is 135 cm³/mol. The smallest absolute Gasteiger partial charge is 0.247 e. The SMILES string of the molecule is Cc1ccc(OCc2ccccc2)c(/C(=C/C(=O)N(C)C2CCCCC2)c2ccccc2)c1. The highest BCUT2D eigenvalue weighted by atomic mass is 16.5. The molecule has 0 saturated heterocycles. The van der Waals surface area contributed by atoms with Crippen molar-refractivity contribution < 1.29 is 9.53 Å². The van der Waals surface area contributed by atoms with Crippen LogP contribution >= 0.6 is 0 Å². The Morgan fingerprint density at radius 2 is 1.61 bits per heavy atom. The molecule has 0 N–H and O–H groups in total. The molecule has 0 aromatic heterocycles. The van der Waals surface area contributed by atoms with Crippen LogP contribution in [0.1, 0.15) is 54.4 Å². The second-order valence-corrected chi connectivity index (χ2v) is 8.94. The van der Waals surface area contributed by atoms with Crippen LogP contribution in [0.15, 0.2) is 84.9 Å². The Balaban J connectivity index is 1.69. The molecule has 1 aliphatic carbocycles. The van der Waals surface area contributed by atoms with Crippen LogP contribution < -0.4 is 4.74 Å². The molecule has 4 rings (SSSR count). The highest BCUT2D eigenvalue weighted by Crippen LogP contribution is 2.33. The van der Waals surface area contributed by atoms with Gasteiger partial charge in [-0.3, -0.25) is 4.79 Å². The lowest BCUT2D eigenvalue weighted by atomic mass is 9.93. The molecule has 1 amide bonds. The monoisotopic (exact) mass is 439 g/mol. The lowest BCUT2D eigenvalue weighted by Gasteiger charge is -2.30. The van der Waals surface area contributed by atoms with Crippen molar-refractivity contribution in [3.05, 3.63) is 107 Å². The molecular formula is C30H33NO2. The summed E-state index contributed by atoms with van der Waals surface area (Å²) in [5.74, 6) is 0.837. The molecule has 0 unspecified atom stereocenters. The van der Waals surface area contributed by atoms with Crippen molar-refractivity contribution in [2.75, 3.05) is 7.05 Å². The molecule has 0 atom stereocenters. The number of rotatable bonds is 7. The van der Waals surface area contributed by atoms with Gasteiger partial charge in [-0.05, 0) is 48.6 Å². The van der Waals surface area contributed by atoms with Crippen molar-refractivity contribution >= 4 is 11.5 Å². The summed E-state index contributed by atoms with van der Waals surface area (Å²) in [5.41, 5.74) is 5.10. The Bertz CT molecular complexity index is 1080. The van der Waals surface area contributed by atoms with Crippen LogP contribution in [0, 0.1) is 6.92 Å². The van der Waals surface area contributed by atoms with E-state index in [4.69, 9.17) is 4.74 Å². The topological polar surface area (TPSA) is 29.5 Å². The fourth-order valence-corrected chi connectivity index (χ4v) is 4.52. The molecule has 1 saturated carbocycles. The predicted octanol–water partition coefficient (Wildman–Crippen LogP) is 6.80. The fourth-order valence-electron chi connectivity index (χ4n) is 4.52. The molecule has 1 aliphatic rings. The van der Waals surface area contributed by atoms with Crippen LogP contribution in [0.2, 0.25) is 0 Å². The number of hydrogen-bond acceptors (Lipinski definition) is 2. The van der Waals surface area contributed by atoms with E-state index in [1.807, 2.05) is 54.4 Å². The lowest BCUT2D eigenvalue weighted by molar-refractivity contribution is -0.127. The summed E-state index contributed by atoms with van der Waals surface area (Å²) < 4.78 is 6.27. The average molecular weight is 440 g/mol. The second kappa shape index (κ2) is 11.0. The van der Waals surface area contributed by atoms with Crippen molar-refractivity contribution in [3.63, 3.8) is 0 Å². The Labute approximate surface area is 197 Å². The average Bonchev–Trinajstić information content (AvgIpc) is 2.87. The minimum absolute atomic E-state index is 0.0521. The van der Waals surface area contributed by atoms with Crippen LogP contribution in [0.3, 0.4) is 0 Å². The van der Waals surface area contributed by atoms with E-state index in [1.54, 1.807) is 6.08 Å². The zero-order valence-corrected chi connectivity index (χ0v) is 19.7. The van der Waals surface area contributed by atoms with Crippen molar-refractivity contribution in [3.8, 4) is 5.75 Å². The largest absolute Gasteiger partial charge is 0.488 e. The number of carbonyl (C=O) groups excluding carboxylic acids is 1. The minimum atomic E-state index is 0.0521. The maximum absolute atomic E-state index is 13.4. The molecule has 3 nitrogen and oxygen atoms in total. The molecule has 170 valence electrons. The van der Waals surface area contributed by atoms with Gasteiger partial charge >= 0.3 is 0 Å². The van der Waals surface area contributed by atoms with Gasteiger partial charge in [-0.15, -0.1) is 0 Å². The van der Waals surface area contributed by atoms with Crippen molar-refractivity contribution in [1.82, 2.24) is 4.90 Å². The molecule has 3 aromatic rings. The Morgan fingerprint density at radius 3 is 2.30 bits per heavy atom. The van der Waals surface area contributed by atoms with E-state index in [1.165, 1.54) is 19.3 Å². The fraction of sp³-hybridized carbons (Fsp3) is 0.300. The number of likely N-dealkylation sites (N-methyl/N-ethyl adjacent to an activating group) is 1. The molecule has 0 radical (unpaired) electrons. The molecule has 33 heavy (non-hydrogen) atoms. The Hall–Kier alpha value is -3.33. The van der Waals surface area contributed by atoms with Gasteiger partial charge < -0.3 is 9.64 Å². The Kier molecular flexibility index (Phi) is 7.62. The second-order valence-electron chi connectivity index (χ2n) is 8.94. The van der Waals surface area contributed by atoms with Gasteiger partial charge in [0.15, 0.2) is 0 Å². The standard InChI is InChI=1S/C30H33NO2/c1-23-18-19-29(33-22-24-12-6-3-7-13-24)28(20-23)27(25-14-8-4-9-15-25)21-30(32)31(2)26-16-10-5-11-17-26/h3-4,6-9,12-15,18-21,26H,5,10-11,16-17,22H2,1-2H3/b27-21+. The van der Waals surface area contributed by atoms with Crippen molar-refractivity contribution in [2.24, 2.45) is 0 Å². The minimum Gasteiger partial charge on any atom is -0.488 e.